The van der Waals surface area contributed by atoms with Gasteiger partial charge in [-0.15, -0.1) is 0 Å². The summed E-state index contributed by atoms with van der Waals surface area (Å²) >= 11 is 16.3. The number of benzene rings is 1. The molecule has 2 nitrogen and oxygen atoms in total. The fourth-order valence-electron chi connectivity index (χ4n) is 3.11. The van der Waals surface area contributed by atoms with Crippen molar-refractivity contribution in [1.29, 1.82) is 0 Å². The maximum absolute atomic E-state index is 15.1. The van der Waals surface area contributed by atoms with Crippen LogP contribution in [0.4, 0.5) is 8.63 Å². The zero-order valence-electron chi connectivity index (χ0n) is 11.8. The molecular weight excluding hydrogens is 532 g/mol. The van der Waals surface area contributed by atoms with Gasteiger partial charge in [-0.25, -0.2) is 0 Å². The highest BCUT2D eigenvalue weighted by Gasteiger charge is 2.54. The number of hydrogen-bond acceptors (Lipinski definition) is 0. The Hall–Kier alpha value is -0.695. The van der Waals surface area contributed by atoms with Crippen LogP contribution in [0.15, 0.2) is 57.3 Å². The molecule has 0 saturated carbocycles. The van der Waals surface area contributed by atoms with Gasteiger partial charge in [0.2, 0.25) is 4.62 Å². The van der Waals surface area contributed by atoms with Crippen molar-refractivity contribution >= 4 is 76.6 Å². The van der Waals surface area contributed by atoms with Crippen LogP contribution in [0.25, 0.3) is 5.57 Å². The van der Waals surface area contributed by atoms with Gasteiger partial charge >= 0.3 is 6.97 Å². The fourth-order valence-corrected chi connectivity index (χ4v) is 4.83. The molecule has 1 aromatic carbocycles. The van der Waals surface area contributed by atoms with Gasteiger partial charge in [0.15, 0.2) is 5.70 Å². The molecule has 2 aliphatic heterocycles. The van der Waals surface area contributed by atoms with E-state index < -0.39 is 6.97 Å². The van der Waals surface area contributed by atoms with Crippen LogP contribution in [0, 0.1) is 0 Å². The van der Waals surface area contributed by atoms with Gasteiger partial charge in [0.05, 0.1) is 15.2 Å². The van der Waals surface area contributed by atoms with E-state index in [0.717, 1.165) is 8.96 Å². The third-order valence-electron chi connectivity index (χ3n) is 4.09. The summed E-state index contributed by atoms with van der Waals surface area (Å²) in [5, 5.41) is 0.484. The summed E-state index contributed by atoms with van der Waals surface area (Å²) in [6.07, 6.45) is 3.30. The van der Waals surface area contributed by atoms with Crippen molar-refractivity contribution in [3.8, 4) is 0 Å². The van der Waals surface area contributed by atoms with E-state index in [9.17, 15) is 0 Å². The van der Waals surface area contributed by atoms with Gasteiger partial charge < -0.3 is 17.6 Å². The number of hydrogen-bond donors (Lipinski definition) is 0. The number of aromatic nitrogens is 1. The molecule has 0 atom stereocenters. The SMILES string of the molecule is F[B-]1(F)n2c(Br)ccc2C(c2cccc(Br)c2Cl)=C2C=CC(Br)=[N+]21. The van der Waals surface area contributed by atoms with Gasteiger partial charge in [-0.3, -0.25) is 0 Å². The lowest BCUT2D eigenvalue weighted by Gasteiger charge is -2.32. The highest BCUT2D eigenvalue weighted by Crippen LogP contribution is 2.44. The molecule has 24 heavy (non-hydrogen) atoms. The first-order valence-electron chi connectivity index (χ1n) is 6.92. The molecule has 2 aromatic rings. The first kappa shape index (κ1) is 16.8. The maximum Gasteiger partial charge on any atom is 0.738 e. The molecule has 0 aliphatic carbocycles. The molecule has 0 fully saturated rings. The van der Waals surface area contributed by atoms with E-state index in [2.05, 4.69) is 47.8 Å². The Morgan fingerprint density at radius 2 is 1.79 bits per heavy atom. The second-order valence-corrected chi connectivity index (χ2v) is 8.24. The molecule has 0 bridgehead atoms. The molecule has 0 unspecified atom stereocenters. The third-order valence-corrected chi connectivity index (χ3v) is 6.68. The normalized spacial score (nSPS) is 18.2. The average Bonchev–Trinajstić information content (AvgIpc) is 3.09. The maximum atomic E-state index is 15.1. The highest BCUT2D eigenvalue weighted by atomic mass is 79.9. The molecule has 3 heterocycles. The molecular formula is C15H7BBr3ClF2N2. The van der Waals surface area contributed by atoms with Crippen LogP contribution in [-0.2, 0) is 0 Å². The smallest absolute Gasteiger partial charge is 0.389 e. The fraction of sp³-hybridized carbons (Fsp3) is 0. The quantitative estimate of drug-likeness (QED) is 0.391. The van der Waals surface area contributed by atoms with Crippen LogP contribution in [0.3, 0.4) is 0 Å². The Bertz CT molecular complexity index is 995. The van der Waals surface area contributed by atoms with E-state index in [4.69, 9.17) is 11.6 Å². The molecule has 0 N–H and O–H groups in total. The van der Waals surface area contributed by atoms with E-state index in [-0.39, 0.29) is 0 Å². The average molecular weight is 539 g/mol. The van der Waals surface area contributed by atoms with Crippen molar-refractivity contribution in [3.63, 3.8) is 0 Å². The first-order chi connectivity index (χ1) is 11.3. The first-order valence-corrected chi connectivity index (χ1v) is 9.68. The van der Waals surface area contributed by atoms with Gasteiger partial charge in [0, 0.05) is 43.8 Å². The highest BCUT2D eigenvalue weighted by molar-refractivity contribution is 9.18. The standard InChI is InChI=1S/C15H7BBr3ClF2N2/c17-9-3-1-2-8(15(9)20)14-10-4-6-12(18)23(10)16(21,22)24-11(14)5-7-13(24)19/h1-7H. The van der Waals surface area contributed by atoms with Crippen molar-refractivity contribution in [2.24, 2.45) is 0 Å². The second-order valence-electron chi connectivity index (χ2n) is 5.39. The van der Waals surface area contributed by atoms with E-state index in [1.54, 1.807) is 24.3 Å². The molecule has 0 saturated heterocycles. The van der Waals surface area contributed by atoms with Crippen LogP contribution < -0.4 is 0 Å². The second kappa shape index (κ2) is 5.66. The third kappa shape index (κ3) is 2.19. The van der Waals surface area contributed by atoms with Crippen LogP contribution in [0.2, 0.25) is 5.02 Å². The zero-order chi connectivity index (χ0) is 17.2. The van der Waals surface area contributed by atoms with Crippen LogP contribution in [0.1, 0.15) is 11.3 Å². The van der Waals surface area contributed by atoms with Crippen molar-refractivity contribution in [2.75, 3.05) is 0 Å². The number of fused-ring (bicyclic) bond motifs is 2. The minimum Gasteiger partial charge on any atom is -0.389 e. The van der Waals surface area contributed by atoms with Gasteiger partial charge in [-0.1, -0.05) is 23.7 Å². The molecule has 1 aromatic heterocycles. The summed E-state index contributed by atoms with van der Waals surface area (Å²) in [6, 6.07) is 8.78. The van der Waals surface area contributed by atoms with E-state index in [0.29, 0.717) is 41.2 Å². The summed E-state index contributed by atoms with van der Waals surface area (Å²) in [4.78, 5) is 0. The number of rotatable bonds is 1. The molecule has 122 valence electrons. The Morgan fingerprint density at radius 1 is 1.04 bits per heavy atom. The lowest BCUT2D eigenvalue weighted by Crippen LogP contribution is -2.50. The van der Waals surface area contributed by atoms with Crippen molar-refractivity contribution in [1.82, 2.24) is 4.48 Å². The minimum absolute atomic E-state index is 0.317. The Balaban J connectivity index is 2.15. The lowest BCUT2D eigenvalue weighted by atomic mass is 9.86. The molecule has 0 spiro atoms. The summed E-state index contributed by atoms with van der Waals surface area (Å²) in [5.74, 6) is 0. The van der Waals surface area contributed by atoms with Gasteiger partial charge in [-0.2, -0.15) is 0 Å². The zero-order valence-corrected chi connectivity index (χ0v) is 17.3. The summed E-state index contributed by atoms with van der Waals surface area (Å²) < 4.78 is 33.6. The number of allylic oxidation sites excluding steroid dienone is 2. The van der Waals surface area contributed by atoms with E-state index in [1.807, 2.05) is 18.2 Å². The molecule has 9 heteroatoms. The predicted octanol–water partition coefficient (Wildman–Crippen LogP) is 6.04. The Morgan fingerprint density at radius 3 is 2.54 bits per heavy atom. The van der Waals surface area contributed by atoms with E-state index in [1.165, 1.54) is 0 Å². The predicted molar refractivity (Wildman–Crippen MR) is 104 cm³/mol. The van der Waals surface area contributed by atoms with Crippen LogP contribution >= 0.6 is 59.4 Å². The number of halogens is 6. The molecule has 4 rings (SSSR count). The Kier molecular flexibility index (Phi) is 3.95. The van der Waals surface area contributed by atoms with Crippen molar-refractivity contribution in [3.05, 3.63) is 73.5 Å². The lowest BCUT2D eigenvalue weighted by molar-refractivity contribution is -0.358. The largest absolute Gasteiger partial charge is 0.738 e. The minimum atomic E-state index is -4.02. The molecule has 0 radical (unpaired) electrons. The summed E-state index contributed by atoms with van der Waals surface area (Å²) in [5.41, 5.74) is 2.19. The summed E-state index contributed by atoms with van der Waals surface area (Å²) in [7, 11) is 0. The van der Waals surface area contributed by atoms with Crippen LogP contribution in [0.5, 0.6) is 0 Å². The molecule has 0 amide bonds. The van der Waals surface area contributed by atoms with Gasteiger partial charge in [0.25, 0.3) is 0 Å². The summed E-state index contributed by atoms with van der Waals surface area (Å²) in [6.45, 7) is -4.02. The molecule has 2 aliphatic rings. The topological polar surface area (TPSA) is 7.94 Å². The van der Waals surface area contributed by atoms with Gasteiger partial charge in [-0.05, 0) is 50.1 Å². The van der Waals surface area contributed by atoms with Crippen molar-refractivity contribution in [2.45, 2.75) is 0 Å². The van der Waals surface area contributed by atoms with E-state index >= 15 is 8.63 Å². The Labute approximate surface area is 166 Å². The van der Waals surface area contributed by atoms with Crippen LogP contribution in [-0.4, -0.2) is 20.6 Å². The van der Waals surface area contributed by atoms with Crippen molar-refractivity contribution < 1.29 is 13.1 Å². The monoisotopic (exact) mass is 536 g/mol. The number of nitrogens with zero attached hydrogens (tertiary/aromatic N) is 2. The van der Waals surface area contributed by atoms with Gasteiger partial charge in [0.1, 0.15) is 0 Å².